The van der Waals surface area contributed by atoms with Crippen molar-refractivity contribution in [3.8, 4) is 0 Å². The molecule has 154 valence electrons. The van der Waals surface area contributed by atoms with Crippen molar-refractivity contribution in [2.45, 2.75) is 63.1 Å². The van der Waals surface area contributed by atoms with Crippen LogP contribution in [0.4, 0.5) is 0 Å². The molecule has 2 amide bonds. The molecule has 2 heterocycles. The number of rotatable bonds is 8. The molecule has 7 heteroatoms. The first-order chi connectivity index (χ1) is 14.2. The molecule has 1 aromatic heterocycles. The number of aromatic nitrogens is 2. The van der Waals surface area contributed by atoms with Gasteiger partial charge in [-0.05, 0) is 62.6 Å². The molecule has 1 aromatic carbocycles. The molecule has 3 aliphatic rings. The molecule has 2 aliphatic carbocycles. The quantitative estimate of drug-likeness (QED) is 0.639. The van der Waals surface area contributed by atoms with Crippen LogP contribution >= 0.6 is 0 Å². The number of hydrogen-bond donors (Lipinski definition) is 3. The number of nitrogens with one attached hydrogen (secondary N) is 3. The molecule has 2 aromatic rings. The summed E-state index contributed by atoms with van der Waals surface area (Å²) in [4.78, 5) is 34.7. The van der Waals surface area contributed by atoms with Crippen LogP contribution in [0.15, 0.2) is 24.5 Å². The van der Waals surface area contributed by atoms with Crippen LogP contribution in [0.2, 0.25) is 0 Å². The molecule has 0 spiro atoms. The van der Waals surface area contributed by atoms with Gasteiger partial charge in [0.2, 0.25) is 5.91 Å². The number of H-pyrrole nitrogens is 1. The van der Waals surface area contributed by atoms with E-state index in [9.17, 15) is 9.59 Å². The van der Waals surface area contributed by atoms with Crippen LogP contribution in [0.5, 0.6) is 0 Å². The third-order valence-electron chi connectivity index (χ3n) is 6.48. The maximum absolute atomic E-state index is 12.7. The van der Waals surface area contributed by atoms with Crippen molar-refractivity contribution in [2.24, 2.45) is 5.92 Å². The number of amides is 2. The fourth-order valence-corrected chi connectivity index (χ4v) is 4.47. The molecule has 2 atom stereocenters. The van der Waals surface area contributed by atoms with E-state index >= 15 is 0 Å². The number of nitrogens with zero attached hydrogens (tertiary/aromatic N) is 2. The number of fused-ring (bicyclic) bond motifs is 1. The Balaban J connectivity index is 1.19. The van der Waals surface area contributed by atoms with Crippen molar-refractivity contribution in [3.05, 3.63) is 30.1 Å². The molecular weight excluding hydrogens is 366 g/mol. The maximum Gasteiger partial charge on any atom is 0.251 e. The average molecular weight is 396 g/mol. The van der Waals surface area contributed by atoms with Gasteiger partial charge < -0.3 is 15.6 Å². The number of carbonyl (C=O) groups is 2. The summed E-state index contributed by atoms with van der Waals surface area (Å²) in [5, 5.41) is 6.25. The van der Waals surface area contributed by atoms with Gasteiger partial charge in [0.25, 0.3) is 5.91 Å². The van der Waals surface area contributed by atoms with E-state index in [1.54, 1.807) is 6.33 Å². The standard InChI is InChI=1S/C22H29N5O2/c28-21(26-16-4-5-16)10-17-6-7-18(27(17)12-14-1-2-14)11-23-22(29)15-3-8-19-20(9-15)25-13-24-19/h3,8-9,13-14,16-18H,1-2,4-7,10-12H2,(H,23,29)(H,24,25)(H,26,28)/t17-,18+/m1/s1. The normalized spacial score (nSPS) is 24.7. The molecule has 0 radical (unpaired) electrons. The molecule has 5 rings (SSSR count). The highest BCUT2D eigenvalue weighted by Gasteiger charge is 2.38. The lowest BCUT2D eigenvalue weighted by Crippen LogP contribution is -2.45. The molecule has 1 aliphatic heterocycles. The van der Waals surface area contributed by atoms with Crippen molar-refractivity contribution in [1.29, 1.82) is 0 Å². The van der Waals surface area contributed by atoms with E-state index < -0.39 is 0 Å². The number of likely N-dealkylation sites (tertiary alicyclic amines) is 1. The summed E-state index contributed by atoms with van der Waals surface area (Å²) < 4.78 is 0. The fourth-order valence-electron chi connectivity index (χ4n) is 4.47. The summed E-state index contributed by atoms with van der Waals surface area (Å²) in [5.41, 5.74) is 2.38. The zero-order chi connectivity index (χ0) is 19.8. The van der Waals surface area contributed by atoms with Gasteiger partial charge >= 0.3 is 0 Å². The van der Waals surface area contributed by atoms with Gasteiger partial charge in [-0.25, -0.2) is 4.98 Å². The van der Waals surface area contributed by atoms with Crippen LogP contribution in [0.1, 0.15) is 55.3 Å². The van der Waals surface area contributed by atoms with Crippen molar-refractivity contribution >= 4 is 22.8 Å². The molecule has 2 saturated carbocycles. The fraction of sp³-hybridized carbons (Fsp3) is 0.591. The summed E-state index contributed by atoms with van der Waals surface area (Å²) in [6, 6.07) is 6.57. The van der Waals surface area contributed by atoms with Crippen molar-refractivity contribution in [3.63, 3.8) is 0 Å². The van der Waals surface area contributed by atoms with Crippen LogP contribution in [-0.4, -0.2) is 57.9 Å². The predicted octanol–water partition coefficient (Wildman–Crippen LogP) is 2.20. The Morgan fingerprint density at radius 3 is 2.72 bits per heavy atom. The lowest BCUT2D eigenvalue weighted by Gasteiger charge is -2.30. The molecule has 0 unspecified atom stereocenters. The Morgan fingerprint density at radius 1 is 1.10 bits per heavy atom. The maximum atomic E-state index is 12.7. The summed E-state index contributed by atoms with van der Waals surface area (Å²) in [7, 11) is 0. The molecule has 29 heavy (non-hydrogen) atoms. The highest BCUT2D eigenvalue weighted by molar-refractivity contribution is 5.97. The number of benzene rings is 1. The first-order valence-corrected chi connectivity index (χ1v) is 10.9. The second-order valence-corrected chi connectivity index (χ2v) is 8.92. The van der Waals surface area contributed by atoms with E-state index in [0.29, 0.717) is 36.7 Å². The highest BCUT2D eigenvalue weighted by atomic mass is 16.2. The Bertz CT molecular complexity index is 901. The third kappa shape index (κ3) is 4.45. The molecule has 7 nitrogen and oxygen atoms in total. The van der Waals surface area contributed by atoms with E-state index in [-0.39, 0.29) is 11.8 Å². The zero-order valence-corrected chi connectivity index (χ0v) is 16.7. The van der Waals surface area contributed by atoms with Crippen LogP contribution in [0.25, 0.3) is 11.0 Å². The van der Waals surface area contributed by atoms with E-state index in [0.717, 1.165) is 49.2 Å². The van der Waals surface area contributed by atoms with Gasteiger partial charge in [0.1, 0.15) is 0 Å². The van der Waals surface area contributed by atoms with E-state index in [4.69, 9.17) is 0 Å². The lowest BCUT2D eigenvalue weighted by atomic mass is 10.1. The Labute approximate surface area is 170 Å². The molecule has 3 N–H and O–H groups in total. The van der Waals surface area contributed by atoms with Gasteiger partial charge in [-0.3, -0.25) is 14.5 Å². The van der Waals surface area contributed by atoms with E-state index in [1.165, 1.54) is 12.8 Å². The van der Waals surface area contributed by atoms with E-state index in [1.807, 2.05) is 18.2 Å². The Morgan fingerprint density at radius 2 is 1.93 bits per heavy atom. The number of aromatic amines is 1. The van der Waals surface area contributed by atoms with Crippen molar-refractivity contribution in [1.82, 2.24) is 25.5 Å². The minimum Gasteiger partial charge on any atom is -0.353 e. The van der Waals surface area contributed by atoms with Crippen LogP contribution in [0, 0.1) is 5.92 Å². The first kappa shape index (κ1) is 18.6. The van der Waals surface area contributed by atoms with E-state index in [2.05, 4.69) is 25.5 Å². The second-order valence-electron chi connectivity index (χ2n) is 8.92. The summed E-state index contributed by atoms with van der Waals surface area (Å²) in [6.07, 6.45) is 9.13. The molecular formula is C22H29N5O2. The topological polar surface area (TPSA) is 90.1 Å². The predicted molar refractivity (Wildman–Crippen MR) is 110 cm³/mol. The number of carbonyl (C=O) groups excluding carboxylic acids is 2. The van der Waals surface area contributed by atoms with Gasteiger partial charge in [0.05, 0.1) is 17.4 Å². The SMILES string of the molecule is O=C(C[C@H]1CC[C@@H](CNC(=O)c2ccc3nc[nH]c3c2)N1CC1CC1)NC1CC1. The minimum atomic E-state index is -0.0530. The summed E-state index contributed by atoms with van der Waals surface area (Å²) in [6.45, 7) is 1.69. The average Bonchev–Trinajstić information content (AvgIpc) is 3.62. The van der Waals surface area contributed by atoms with Crippen LogP contribution in [0.3, 0.4) is 0 Å². The van der Waals surface area contributed by atoms with Gasteiger partial charge in [0.15, 0.2) is 0 Å². The molecule has 1 saturated heterocycles. The summed E-state index contributed by atoms with van der Waals surface area (Å²) >= 11 is 0. The molecule has 0 bridgehead atoms. The van der Waals surface area contributed by atoms with Crippen molar-refractivity contribution in [2.75, 3.05) is 13.1 Å². The minimum absolute atomic E-state index is 0.0530. The number of hydrogen-bond acceptors (Lipinski definition) is 4. The van der Waals surface area contributed by atoms with Crippen LogP contribution < -0.4 is 10.6 Å². The monoisotopic (exact) mass is 395 g/mol. The highest BCUT2D eigenvalue weighted by Crippen LogP contribution is 2.35. The Hall–Kier alpha value is -2.41. The largest absolute Gasteiger partial charge is 0.353 e. The smallest absolute Gasteiger partial charge is 0.251 e. The first-order valence-electron chi connectivity index (χ1n) is 10.9. The Kier molecular flexibility index (Phi) is 4.99. The zero-order valence-electron chi connectivity index (χ0n) is 16.7. The van der Waals surface area contributed by atoms with Gasteiger partial charge in [-0.2, -0.15) is 0 Å². The van der Waals surface area contributed by atoms with Crippen LogP contribution in [-0.2, 0) is 4.79 Å². The van der Waals surface area contributed by atoms with Gasteiger partial charge in [0, 0.05) is 43.2 Å². The molecule has 3 fully saturated rings. The number of imidazole rings is 1. The third-order valence-corrected chi connectivity index (χ3v) is 6.48. The lowest BCUT2D eigenvalue weighted by molar-refractivity contribution is -0.122. The second kappa shape index (κ2) is 7.78. The van der Waals surface area contributed by atoms with Crippen molar-refractivity contribution < 1.29 is 9.59 Å². The summed E-state index contributed by atoms with van der Waals surface area (Å²) in [5.74, 6) is 0.904. The van der Waals surface area contributed by atoms with Gasteiger partial charge in [-0.1, -0.05) is 0 Å². The van der Waals surface area contributed by atoms with Gasteiger partial charge in [-0.15, -0.1) is 0 Å².